The van der Waals surface area contributed by atoms with Crippen LogP contribution in [-0.2, 0) is 0 Å². The van der Waals surface area contributed by atoms with E-state index in [2.05, 4.69) is 39.1 Å². The number of imidazole rings is 1. The SMILES string of the molecule is CC[C@H](C)Nc1nc(C)nc2nc[nH]c12. The summed E-state index contributed by atoms with van der Waals surface area (Å²) in [5.41, 5.74) is 1.59. The zero-order valence-electron chi connectivity index (χ0n) is 9.20. The standard InChI is InChI=1S/C10H15N5/c1-4-6(2)13-10-8-9(12-5-11-8)14-7(3)15-10/h5-6H,4H2,1-3H3,(H2,11,12,13,14,15)/t6-/m0/s1. The predicted molar refractivity (Wildman–Crippen MR) is 59.8 cm³/mol. The van der Waals surface area contributed by atoms with Gasteiger partial charge >= 0.3 is 0 Å². The molecule has 0 saturated heterocycles. The van der Waals surface area contributed by atoms with Crippen LogP contribution >= 0.6 is 0 Å². The third-order valence-electron chi connectivity index (χ3n) is 2.39. The molecule has 0 spiro atoms. The van der Waals surface area contributed by atoms with E-state index in [1.165, 1.54) is 0 Å². The lowest BCUT2D eigenvalue weighted by Gasteiger charge is -2.12. The molecule has 5 nitrogen and oxygen atoms in total. The molecule has 0 aliphatic carbocycles. The van der Waals surface area contributed by atoms with Gasteiger partial charge in [0.1, 0.15) is 11.3 Å². The third kappa shape index (κ3) is 1.91. The van der Waals surface area contributed by atoms with Gasteiger partial charge in [-0.2, -0.15) is 0 Å². The molecule has 2 N–H and O–H groups in total. The summed E-state index contributed by atoms with van der Waals surface area (Å²) in [7, 11) is 0. The van der Waals surface area contributed by atoms with Gasteiger partial charge in [0.05, 0.1) is 6.33 Å². The number of H-pyrrole nitrogens is 1. The van der Waals surface area contributed by atoms with Crippen molar-refractivity contribution in [1.29, 1.82) is 0 Å². The number of fused-ring (bicyclic) bond motifs is 1. The number of rotatable bonds is 3. The molecular weight excluding hydrogens is 190 g/mol. The molecule has 1 atom stereocenters. The number of hydrogen-bond acceptors (Lipinski definition) is 4. The molecule has 80 valence electrons. The fourth-order valence-electron chi connectivity index (χ4n) is 1.38. The number of aromatic amines is 1. The Morgan fingerprint density at radius 3 is 3.00 bits per heavy atom. The highest BCUT2D eigenvalue weighted by Gasteiger charge is 2.09. The van der Waals surface area contributed by atoms with Crippen LogP contribution in [0.3, 0.4) is 0 Å². The summed E-state index contributed by atoms with van der Waals surface area (Å²) in [5, 5.41) is 3.34. The second kappa shape index (κ2) is 3.84. The van der Waals surface area contributed by atoms with Gasteiger partial charge in [0.15, 0.2) is 11.5 Å². The molecule has 5 heteroatoms. The lowest BCUT2D eigenvalue weighted by atomic mass is 10.2. The Labute approximate surface area is 88.4 Å². The minimum atomic E-state index is 0.394. The van der Waals surface area contributed by atoms with E-state index < -0.39 is 0 Å². The maximum absolute atomic E-state index is 4.37. The summed E-state index contributed by atoms with van der Waals surface area (Å²) in [5.74, 6) is 1.57. The topological polar surface area (TPSA) is 66.5 Å². The Bertz CT molecular complexity index is 462. The van der Waals surface area contributed by atoms with Gasteiger partial charge in [-0.25, -0.2) is 15.0 Å². The molecule has 2 aromatic rings. The average molecular weight is 205 g/mol. The van der Waals surface area contributed by atoms with Crippen LogP contribution in [0.2, 0.25) is 0 Å². The van der Waals surface area contributed by atoms with Gasteiger partial charge in [0.2, 0.25) is 0 Å². The van der Waals surface area contributed by atoms with Crippen molar-refractivity contribution in [2.75, 3.05) is 5.32 Å². The van der Waals surface area contributed by atoms with Crippen molar-refractivity contribution in [2.45, 2.75) is 33.2 Å². The molecular formula is C10H15N5. The van der Waals surface area contributed by atoms with Crippen molar-refractivity contribution >= 4 is 17.0 Å². The minimum absolute atomic E-state index is 0.394. The number of hydrogen-bond donors (Lipinski definition) is 2. The molecule has 2 rings (SSSR count). The molecule has 0 saturated carbocycles. The molecule has 0 fully saturated rings. The fourth-order valence-corrected chi connectivity index (χ4v) is 1.38. The second-order valence-electron chi connectivity index (χ2n) is 3.67. The third-order valence-corrected chi connectivity index (χ3v) is 2.39. The number of aromatic nitrogens is 4. The molecule has 0 aromatic carbocycles. The number of aryl methyl sites for hydroxylation is 1. The first-order chi connectivity index (χ1) is 7.20. The maximum Gasteiger partial charge on any atom is 0.183 e. The van der Waals surface area contributed by atoms with Gasteiger partial charge in [-0.3, -0.25) is 0 Å². The first-order valence-corrected chi connectivity index (χ1v) is 5.15. The Hall–Kier alpha value is -1.65. The van der Waals surface area contributed by atoms with Gasteiger partial charge in [-0.1, -0.05) is 6.92 Å². The van der Waals surface area contributed by atoms with Gasteiger partial charge in [0, 0.05) is 6.04 Å². The highest BCUT2D eigenvalue weighted by Crippen LogP contribution is 2.17. The summed E-state index contributed by atoms with van der Waals surface area (Å²) in [4.78, 5) is 15.8. The van der Waals surface area contributed by atoms with Crippen molar-refractivity contribution in [3.63, 3.8) is 0 Å². The van der Waals surface area contributed by atoms with E-state index >= 15 is 0 Å². The summed E-state index contributed by atoms with van der Waals surface area (Å²) in [6, 6.07) is 0.394. The zero-order chi connectivity index (χ0) is 10.8. The van der Waals surface area contributed by atoms with Gasteiger partial charge in [-0.05, 0) is 20.3 Å². The summed E-state index contributed by atoms with van der Waals surface area (Å²) >= 11 is 0. The fraction of sp³-hybridized carbons (Fsp3) is 0.500. The van der Waals surface area contributed by atoms with Crippen molar-refractivity contribution in [3.8, 4) is 0 Å². The smallest absolute Gasteiger partial charge is 0.183 e. The van der Waals surface area contributed by atoms with Crippen LogP contribution in [0.25, 0.3) is 11.2 Å². The molecule has 15 heavy (non-hydrogen) atoms. The van der Waals surface area contributed by atoms with Gasteiger partial charge in [-0.15, -0.1) is 0 Å². The Morgan fingerprint density at radius 2 is 2.27 bits per heavy atom. The number of anilines is 1. The predicted octanol–water partition coefficient (Wildman–Crippen LogP) is 1.87. The molecule has 0 aliphatic heterocycles. The molecule has 0 aliphatic rings. The van der Waals surface area contributed by atoms with Gasteiger partial charge in [0.25, 0.3) is 0 Å². The molecule has 0 unspecified atom stereocenters. The highest BCUT2D eigenvalue weighted by molar-refractivity contribution is 5.82. The Morgan fingerprint density at radius 1 is 1.47 bits per heavy atom. The Kier molecular flexibility index (Phi) is 2.53. The van der Waals surface area contributed by atoms with E-state index in [1.54, 1.807) is 6.33 Å². The van der Waals surface area contributed by atoms with Gasteiger partial charge < -0.3 is 10.3 Å². The van der Waals surface area contributed by atoms with E-state index in [9.17, 15) is 0 Å². The molecule has 0 bridgehead atoms. The zero-order valence-corrected chi connectivity index (χ0v) is 9.20. The summed E-state index contributed by atoms with van der Waals surface area (Å²) in [6.07, 6.45) is 2.69. The first-order valence-electron chi connectivity index (χ1n) is 5.15. The monoisotopic (exact) mass is 205 g/mol. The molecule has 2 heterocycles. The quantitative estimate of drug-likeness (QED) is 0.802. The summed E-state index contributed by atoms with van der Waals surface area (Å²) in [6.45, 7) is 6.13. The van der Waals surface area contributed by atoms with E-state index in [0.29, 0.717) is 11.7 Å². The molecule has 0 radical (unpaired) electrons. The van der Waals surface area contributed by atoms with Crippen LogP contribution in [-0.4, -0.2) is 26.0 Å². The van der Waals surface area contributed by atoms with Crippen LogP contribution in [0.15, 0.2) is 6.33 Å². The van der Waals surface area contributed by atoms with E-state index in [-0.39, 0.29) is 0 Å². The highest BCUT2D eigenvalue weighted by atomic mass is 15.1. The molecule has 2 aromatic heterocycles. The van der Waals surface area contributed by atoms with E-state index in [0.717, 1.165) is 23.6 Å². The van der Waals surface area contributed by atoms with Crippen molar-refractivity contribution in [2.24, 2.45) is 0 Å². The van der Waals surface area contributed by atoms with Crippen LogP contribution < -0.4 is 5.32 Å². The lowest BCUT2D eigenvalue weighted by molar-refractivity contribution is 0.758. The van der Waals surface area contributed by atoms with Crippen LogP contribution in [0.5, 0.6) is 0 Å². The normalized spacial score (nSPS) is 13.0. The molecule has 0 amide bonds. The van der Waals surface area contributed by atoms with Crippen molar-refractivity contribution < 1.29 is 0 Å². The second-order valence-corrected chi connectivity index (χ2v) is 3.67. The maximum atomic E-state index is 4.37. The number of nitrogens with zero attached hydrogens (tertiary/aromatic N) is 3. The van der Waals surface area contributed by atoms with Crippen LogP contribution in [0.1, 0.15) is 26.1 Å². The van der Waals surface area contributed by atoms with Crippen LogP contribution in [0.4, 0.5) is 5.82 Å². The van der Waals surface area contributed by atoms with E-state index in [4.69, 9.17) is 0 Å². The largest absolute Gasteiger partial charge is 0.366 e. The number of nitrogens with one attached hydrogen (secondary N) is 2. The first kappa shape index (κ1) is 9.89. The Balaban J connectivity index is 2.44. The van der Waals surface area contributed by atoms with Crippen LogP contribution in [0, 0.1) is 6.92 Å². The van der Waals surface area contributed by atoms with Crippen molar-refractivity contribution in [3.05, 3.63) is 12.2 Å². The minimum Gasteiger partial charge on any atom is -0.366 e. The summed E-state index contributed by atoms with van der Waals surface area (Å²) < 4.78 is 0. The lowest BCUT2D eigenvalue weighted by Crippen LogP contribution is -2.15. The average Bonchev–Trinajstić information content (AvgIpc) is 2.65. The van der Waals surface area contributed by atoms with Crippen molar-refractivity contribution in [1.82, 2.24) is 19.9 Å². The van der Waals surface area contributed by atoms with E-state index in [1.807, 2.05) is 6.92 Å².